The van der Waals surface area contributed by atoms with E-state index in [4.69, 9.17) is 16.3 Å². The summed E-state index contributed by atoms with van der Waals surface area (Å²) in [7, 11) is 0. The van der Waals surface area contributed by atoms with Crippen LogP contribution in [-0.2, 0) is 6.42 Å². The highest BCUT2D eigenvalue weighted by atomic mass is 35.5. The van der Waals surface area contributed by atoms with Crippen LogP contribution in [0.25, 0.3) is 11.3 Å². The molecule has 154 valence electrons. The minimum atomic E-state index is -1.17. The first-order valence-electron chi connectivity index (χ1n) is 9.05. The van der Waals surface area contributed by atoms with Crippen LogP contribution in [0.3, 0.4) is 0 Å². The zero-order chi connectivity index (χ0) is 21.3. The monoisotopic (exact) mass is 447 g/mol. The van der Waals surface area contributed by atoms with Gasteiger partial charge in [-0.05, 0) is 36.6 Å². The molecule has 3 aromatic rings. The molecule has 1 aliphatic rings. The van der Waals surface area contributed by atoms with Crippen molar-refractivity contribution in [1.29, 1.82) is 0 Å². The van der Waals surface area contributed by atoms with Gasteiger partial charge in [-0.15, -0.1) is 0 Å². The molecular formula is C21H16ClF2N3O2S. The number of nitrogens with one attached hydrogen (secondary N) is 1. The molecule has 2 aromatic carbocycles. The summed E-state index contributed by atoms with van der Waals surface area (Å²) in [6.45, 7) is 0.124. The number of halogens is 3. The molecule has 4 rings (SSSR count). The number of thioether (sulfide) groups is 1. The molecule has 1 unspecified atom stereocenters. The minimum Gasteiger partial charge on any atom is -0.486 e. The maximum Gasteiger partial charge on any atom is 0.254 e. The van der Waals surface area contributed by atoms with Crippen molar-refractivity contribution in [3.05, 3.63) is 70.4 Å². The van der Waals surface area contributed by atoms with Crippen LogP contribution in [0.1, 0.15) is 15.9 Å². The lowest BCUT2D eigenvalue weighted by atomic mass is 10.0. The lowest BCUT2D eigenvalue weighted by molar-refractivity contribution is 0.0928. The van der Waals surface area contributed by atoms with Gasteiger partial charge in [-0.3, -0.25) is 4.79 Å². The summed E-state index contributed by atoms with van der Waals surface area (Å²) in [5.74, 6) is -2.40. The van der Waals surface area contributed by atoms with Gasteiger partial charge in [-0.2, -0.15) is 0 Å². The van der Waals surface area contributed by atoms with Crippen LogP contribution in [-0.4, -0.2) is 34.8 Å². The third-order valence-corrected chi connectivity index (χ3v) is 5.49. The highest BCUT2D eigenvalue weighted by Gasteiger charge is 2.27. The second-order valence-electron chi connectivity index (χ2n) is 6.63. The average molecular weight is 448 g/mol. The molecular weight excluding hydrogens is 432 g/mol. The first-order valence-corrected chi connectivity index (χ1v) is 10.6. The van der Waals surface area contributed by atoms with Gasteiger partial charge in [0.25, 0.3) is 5.91 Å². The van der Waals surface area contributed by atoms with E-state index in [0.29, 0.717) is 22.3 Å². The van der Waals surface area contributed by atoms with E-state index in [1.165, 1.54) is 23.9 Å². The zero-order valence-corrected chi connectivity index (χ0v) is 17.4. The molecule has 0 aliphatic carbocycles. The van der Waals surface area contributed by atoms with E-state index in [1.54, 1.807) is 18.3 Å². The number of carbonyl (C=O) groups excluding carboxylic acids is 1. The largest absolute Gasteiger partial charge is 0.486 e. The Morgan fingerprint density at radius 3 is 2.97 bits per heavy atom. The van der Waals surface area contributed by atoms with Crippen molar-refractivity contribution in [2.75, 3.05) is 12.8 Å². The molecule has 0 saturated carbocycles. The van der Waals surface area contributed by atoms with Gasteiger partial charge in [0, 0.05) is 23.7 Å². The normalized spacial score (nSPS) is 14.9. The second kappa shape index (κ2) is 8.57. The van der Waals surface area contributed by atoms with Crippen molar-refractivity contribution in [3.8, 4) is 17.0 Å². The number of fused-ring (bicyclic) bond motifs is 1. The molecule has 0 bridgehead atoms. The number of carbonyl (C=O) groups is 1. The highest BCUT2D eigenvalue weighted by Crippen LogP contribution is 2.39. The Kier molecular flexibility index (Phi) is 5.87. The van der Waals surface area contributed by atoms with Gasteiger partial charge in [-0.1, -0.05) is 29.4 Å². The minimum absolute atomic E-state index is 0.124. The van der Waals surface area contributed by atoms with Crippen LogP contribution in [0.5, 0.6) is 5.75 Å². The van der Waals surface area contributed by atoms with E-state index in [9.17, 15) is 13.6 Å². The molecule has 9 heteroatoms. The summed E-state index contributed by atoms with van der Waals surface area (Å²) in [4.78, 5) is 20.9. The second-order valence-corrected chi connectivity index (χ2v) is 7.81. The van der Waals surface area contributed by atoms with Crippen LogP contribution in [0.15, 0.2) is 47.8 Å². The van der Waals surface area contributed by atoms with Crippen LogP contribution < -0.4 is 10.1 Å². The van der Waals surface area contributed by atoms with E-state index in [2.05, 4.69) is 15.3 Å². The van der Waals surface area contributed by atoms with Gasteiger partial charge in [0.05, 0.1) is 22.8 Å². The Labute approximate surface area is 180 Å². The number of hydrogen-bond acceptors (Lipinski definition) is 5. The molecule has 1 aromatic heterocycles. The summed E-state index contributed by atoms with van der Waals surface area (Å²) in [6, 6.07) is 9.00. The van der Waals surface area contributed by atoms with Gasteiger partial charge in [-0.25, -0.2) is 18.7 Å². The molecule has 0 spiro atoms. The molecule has 30 heavy (non-hydrogen) atoms. The molecule has 1 atom stereocenters. The van der Waals surface area contributed by atoms with Crippen molar-refractivity contribution in [1.82, 2.24) is 15.3 Å². The Hall–Kier alpha value is -2.71. The first-order chi connectivity index (χ1) is 14.5. The third-order valence-electron chi connectivity index (χ3n) is 4.65. The smallest absolute Gasteiger partial charge is 0.254 e. The SMILES string of the molecule is CSc1nccc(-c2cc(Cl)c3c(c2)CC(CNC(=O)c2cccc(F)c2F)O3)n1. The number of benzene rings is 2. The Bertz CT molecular complexity index is 1130. The fourth-order valence-electron chi connectivity index (χ4n) is 3.23. The zero-order valence-electron chi connectivity index (χ0n) is 15.8. The Morgan fingerprint density at radius 2 is 2.17 bits per heavy atom. The van der Waals surface area contributed by atoms with E-state index >= 15 is 0 Å². The Morgan fingerprint density at radius 1 is 1.33 bits per heavy atom. The summed E-state index contributed by atoms with van der Waals surface area (Å²) < 4.78 is 33.0. The summed E-state index contributed by atoms with van der Waals surface area (Å²) in [5.41, 5.74) is 2.13. The molecule has 1 N–H and O–H groups in total. The number of nitrogens with zero attached hydrogens (tertiary/aromatic N) is 2. The van der Waals surface area contributed by atoms with E-state index in [-0.39, 0.29) is 18.2 Å². The fraction of sp³-hybridized carbons (Fsp3) is 0.190. The average Bonchev–Trinajstić information content (AvgIpc) is 3.18. The molecule has 5 nitrogen and oxygen atoms in total. The molecule has 1 aliphatic heterocycles. The first kappa shape index (κ1) is 20.6. The molecule has 0 fully saturated rings. The summed E-state index contributed by atoms with van der Waals surface area (Å²) in [5, 5.41) is 3.69. The molecule has 1 amide bonds. The number of rotatable bonds is 5. The predicted octanol–water partition coefficient (Wildman–Crippen LogP) is 4.53. The van der Waals surface area contributed by atoms with Crippen molar-refractivity contribution in [2.45, 2.75) is 17.7 Å². The van der Waals surface area contributed by atoms with Crippen molar-refractivity contribution < 1.29 is 18.3 Å². The molecule has 2 heterocycles. The molecule has 0 radical (unpaired) electrons. The summed E-state index contributed by atoms with van der Waals surface area (Å²) >= 11 is 7.85. The van der Waals surface area contributed by atoms with Gasteiger partial charge in [0.1, 0.15) is 11.9 Å². The highest BCUT2D eigenvalue weighted by molar-refractivity contribution is 7.98. The topological polar surface area (TPSA) is 64.1 Å². The lowest BCUT2D eigenvalue weighted by Crippen LogP contribution is -2.35. The lowest BCUT2D eigenvalue weighted by Gasteiger charge is -2.13. The van der Waals surface area contributed by atoms with Crippen molar-refractivity contribution in [2.24, 2.45) is 0 Å². The number of amides is 1. The van der Waals surface area contributed by atoms with Crippen LogP contribution >= 0.6 is 23.4 Å². The van der Waals surface area contributed by atoms with Gasteiger partial charge >= 0.3 is 0 Å². The maximum atomic E-state index is 13.8. The quantitative estimate of drug-likeness (QED) is 0.460. The van der Waals surface area contributed by atoms with Crippen LogP contribution in [0, 0.1) is 11.6 Å². The Balaban J connectivity index is 1.47. The number of hydrogen-bond donors (Lipinski definition) is 1. The van der Waals surface area contributed by atoms with Crippen molar-refractivity contribution >= 4 is 29.3 Å². The van der Waals surface area contributed by atoms with Gasteiger partial charge in [0.15, 0.2) is 16.8 Å². The maximum absolute atomic E-state index is 13.8. The fourth-order valence-corrected chi connectivity index (χ4v) is 3.87. The van der Waals surface area contributed by atoms with Gasteiger partial charge in [0.2, 0.25) is 0 Å². The third kappa shape index (κ3) is 4.11. The van der Waals surface area contributed by atoms with E-state index < -0.39 is 17.5 Å². The summed E-state index contributed by atoms with van der Waals surface area (Å²) in [6.07, 6.45) is 3.72. The predicted molar refractivity (Wildman–Crippen MR) is 111 cm³/mol. The standard InChI is InChI=1S/C21H16ClF2N3O2S/c1-30-21-25-6-5-17(27-21)11-7-12-8-13(29-19(12)15(22)9-11)10-26-20(28)14-3-2-4-16(23)18(14)24/h2-7,9,13H,8,10H2,1H3,(H,26,28). The van der Waals surface area contributed by atoms with E-state index in [1.807, 2.05) is 12.3 Å². The van der Waals surface area contributed by atoms with Crippen LogP contribution in [0.2, 0.25) is 5.02 Å². The van der Waals surface area contributed by atoms with Crippen molar-refractivity contribution in [3.63, 3.8) is 0 Å². The van der Waals surface area contributed by atoms with Crippen LogP contribution in [0.4, 0.5) is 8.78 Å². The molecule has 0 saturated heterocycles. The van der Waals surface area contributed by atoms with E-state index in [0.717, 1.165) is 22.9 Å². The van der Waals surface area contributed by atoms with Gasteiger partial charge < -0.3 is 10.1 Å². The number of ether oxygens (including phenoxy) is 1. The number of aromatic nitrogens is 2.